The number of hydrogen-bond donors (Lipinski definition) is 0. The summed E-state index contributed by atoms with van der Waals surface area (Å²) in [6.07, 6.45) is 1.12. The summed E-state index contributed by atoms with van der Waals surface area (Å²) < 4.78 is 32.2. The third-order valence-electron chi connectivity index (χ3n) is 5.74. The zero-order chi connectivity index (χ0) is 22.6. The molecule has 0 bridgehead atoms. The molecule has 7 heteroatoms. The second-order valence-electron chi connectivity index (χ2n) is 8.91. The number of carbonyl (C=O) groups excluding carboxylic acids is 1. The van der Waals surface area contributed by atoms with Gasteiger partial charge in [-0.2, -0.15) is 4.31 Å². The normalized spacial score (nSPS) is 15.7. The number of carbonyl (C=O) groups is 1. The predicted molar refractivity (Wildman–Crippen MR) is 122 cm³/mol. The number of aryl methyl sites for hydroxylation is 1. The van der Waals surface area contributed by atoms with Gasteiger partial charge in [-0.15, -0.1) is 0 Å². The molecule has 0 aromatic heterocycles. The molecule has 0 saturated carbocycles. The van der Waals surface area contributed by atoms with Crippen molar-refractivity contribution in [3.8, 4) is 5.75 Å². The second-order valence-corrected chi connectivity index (χ2v) is 10.8. The maximum absolute atomic E-state index is 12.9. The fourth-order valence-corrected chi connectivity index (χ4v) is 5.08. The van der Waals surface area contributed by atoms with Gasteiger partial charge in [0.05, 0.1) is 12.0 Å². The van der Waals surface area contributed by atoms with Crippen LogP contribution in [0.3, 0.4) is 0 Å². The minimum atomic E-state index is -3.57. The summed E-state index contributed by atoms with van der Waals surface area (Å²) in [4.78, 5) is 14.6. The van der Waals surface area contributed by atoms with Gasteiger partial charge in [-0.25, -0.2) is 8.42 Å². The number of piperazine rings is 1. The van der Waals surface area contributed by atoms with Gasteiger partial charge in [0.1, 0.15) is 5.75 Å². The number of methoxy groups -OCH3 is 1. The Labute approximate surface area is 185 Å². The van der Waals surface area contributed by atoms with Crippen LogP contribution in [0, 0.1) is 0 Å². The summed E-state index contributed by atoms with van der Waals surface area (Å²) in [5.41, 5.74) is 2.53. The van der Waals surface area contributed by atoms with E-state index < -0.39 is 10.0 Å². The zero-order valence-corrected chi connectivity index (χ0v) is 19.6. The molecule has 6 nitrogen and oxygen atoms in total. The lowest BCUT2D eigenvalue weighted by molar-refractivity contribution is -0.132. The average molecular weight is 445 g/mol. The van der Waals surface area contributed by atoms with Crippen molar-refractivity contribution in [1.29, 1.82) is 0 Å². The van der Waals surface area contributed by atoms with E-state index in [4.69, 9.17) is 4.74 Å². The van der Waals surface area contributed by atoms with Crippen LogP contribution in [-0.4, -0.2) is 56.8 Å². The van der Waals surface area contributed by atoms with Crippen molar-refractivity contribution in [2.75, 3.05) is 33.3 Å². The molecular formula is C24H32N2O4S. The highest BCUT2D eigenvalue weighted by Crippen LogP contribution is 2.23. The molecule has 2 aromatic carbocycles. The van der Waals surface area contributed by atoms with E-state index in [9.17, 15) is 13.2 Å². The minimum absolute atomic E-state index is 0.0707. The molecule has 1 aliphatic rings. The van der Waals surface area contributed by atoms with E-state index in [2.05, 4.69) is 45.0 Å². The number of hydrogen-bond acceptors (Lipinski definition) is 4. The van der Waals surface area contributed by atoms with Crippen LogP contribution >= 0.6 is 0 Å². The predicted octanol–water partition coefficient (Wildman–Crippen LogP) is 3.46. The van der Waals surface area contributed by atoms with Crippen LogP contribution in [0.1, 0.15) is 38.3 Å². The number of sulfonamides is 1. The monoisotopic (exact) mass is 444 g/mol. The van der Waals surface area contributed by atoms with Crippen molar-refractivity contribution in [3.63, 3.8) is 0 Å². The van der Waals surface area contributed by atoms with Gasteiger partial charge >= 0.3 is 0 Å². The van der Waals surface area contributed by atoms with Gasteiger partial charge in [0.25, 0.3) is 0 Å². The first kappa shape index (κ1) is 23.3. The Bertz CT molecular complexity index is 985. The minimum Gasteiger partial charge on any atom is -0.497 e. The van der Waals surface area contributed by atoms with Crippen molar-refractivity contribution in [2.45, 2.75) is 43.9 Å². The lowest BCUT2D eigenvalue weighted by Gasteiger charge is -2.34. The van der Waals surface area contributed by atoms with Crippen molar-refractivity contribution in [3.05, 3.63) is 59.7 Å². The van der Waals surface area contributed by atoms with E-state index in [-0.39, 0.29) is 16.2 Å². The van der Waals surface area contributed by atoms with Gasteiger partial charge in [-0.1, -0.05) is 45.0 Å². The highest BCUT2D eigenvalue weighted by atomic mass is 32.2. The zero-order valence-electron chi connectivity index (χ0n) is 18.8. The molecular weight excluding hydrogens is 412 g/mol. The third kappa shape index (κ3) is 5.66. The fourth-order valence-electron chi connectivity index (χ4n) is 3.66. The molecule has 1 heterocycles. The van der Waals surface area contributed by atoms with Crippen molar-refractivity contribution in [1.82, 2.24) is 9.21 Å². The SMILES string of the molecule is COc1ccc(S(=O)(=O)N2CCN(C(=O)CCc3ccc(C(C)(C)C)cc3)CC2)cc1. The molecule has 2 aromatic rings. The molecule has 1 saturated heterocycles. The highest BCUT2D eigenvalue weighted by Gasteiger charge is 2.30. The first-order valence-electron chi connectivity index (χ1n) is 10.6. The topological polar surface area (TPSA) is 66.9 Å². The Morgan fingerprint density at radius 2 is 1.52 bits per heavy atom. The van der Waals surface area contributed by atoms with Crippen molar-refractivity contribution in [2.24, 2.45) is 0 Å². The fraction of sp³-hybridized carbons (Fsp3) is 0.458. The van der Waals surface area contributed by atoms with Gasteiger partial charge in [-0.3, -0.25) is 4.79 Å². The van der Waals surface area contributed by atoms with E-state index >= 15 is 0 Å². The lowest BCUT2D eigenvalue weighted by Crippen LogP contribution is -2.50. The lowest BCUT2D eigenvalue weighted by atomic mass is 9.86. The number of rotatable bonds is 6. The Hall–Kier alpha value is -2.38. The summed E-state index contributed by atoms with van der Waals surface area (Å²) in [6.45, 7) is 7.98. The van der Waals surface area contributed by atoms with Gasteiger partial charge < -0.3 is 9.64 Å². The van der Waals surface area contributed by atoms with Gasteiger partial charge in [0.2, 0.25) is 15.9 Å². The maximum atomic E-state index is 12.9. The number of ether oxygens (including phenoxy) is 1. The Balaban J connectivity index is 1.52. The van der Waals surface area contributed by atoms with E-state index in [1.54, 1.807) is 36.3 Å². The molecule has 0 atom stereocenters. The molecule has 168 valence electrons. The van der Waals surface area contributed by atoms with Crippen LogP contribution in [0.2, 0.25) is 0 Å². The van der Waals surface area contributed by atoms with Crippen LogP contribution in [0.15, 0.2) is 53.4 Å². The van der Waals surface area contributed by atoms with E-state index in [0.717, 1.165) is 5.56 Å². The standard InChI is InChI=1S/C24H32N2O4S/c1-24(2,3)20-8-5-19(6-9-20)7-14-23(27)25-15-17-26(18-16-25)31(28,29)22-12-10-21(30-4)11-13-22/h5-6,8-13H,7,14-18H2,1-4H3. The molecule has 0 N–H and O–H groups in total. The van der Waals surface area contributed by atoms with Crippen LogP contribution < -0.4 is 4.74 Å². The van der Waals surface area contributed by atoms with Gasteiger partial charge in [0, 0.05) is 32.6 Å². The smallest absolute Gasteiger partial charge is 0.243 e. The van der Waals surface area contributed by atoms with Gasteiger partial charge in [-0.05, 0) is 47.2 Å². The molecule has 1 fully saturated rings. The Morgan fingerprint density at radius 3 is 2.03 bits per heavy atom. The van der Waals surface area contributed by atoms with Crippen LogP contribution in [0.25, 0.3) is 0 Å². The van der Waals surface area contributed by atoms with E-state index in [1.165, 1.54) is 9.87 Å². The summed E-state index contributed by atoms with van der Waals surface area (Å²) in [5, 5.41) is 0. The average Bonchev–Trinajstić information content (AvgIpc) is 2.77. The van der Waals surface area contributed by atoms with Crippen LogP contribution in [-0.2, 0) is 26.7 Å². The number of nitrogens with zero attached hydrogens (tertiary/aromatic N) is 2. The van der Waals surface area contributed by atoms with E-state index in [1.807, 2.05) is 0 Å². The number of benzene rings is 2. The molecule has 3 rings (SSSR count). The highest BCUT2D eigenvalue weighted by molar-refractivity contribution is 7.89. The van der Waals surface area contributed by atoms with Crippen molar-refractivity contribution < 1.29 is 17.9 Å². The summed E-state index contributed by atoms with van der Waals surface area (Å²) in [5.74, 6) is 0.684. The van der Waals surface area contributed by atoms with Crippen LogP contribution in [0.4, 0.5) is 0 Å². The van der Waals surface area contributed by atoms with E-state index in [0.29, 0.717) is 44.8 Å². The Kier molecular flexibility index (Phi) is 7.06. The Morgan fingerprint density at radius 1 is 0.935 bits per heavy atom. The molecule has 0 spiro atoms. The maximum Gasteiger partial charge on any atom is 0.243 e. The molecule has 1 amide bonds. The largest absolute Gasteiger partial charge is 0.497 e. The molecule has 0 aliphatic carbocycles. The third-order valence-corrected chi connectivity index (χ3v) is 7.65. The van der Waals surface area contributed by atoms with Crippen LogP contribution in [0.5, 0.6) is 5.75 Å². The molecule has 0 unspecified atom stereocenters. The second kappa shape index (κ2) is 9.40. The summed E-state index contributed by atoms with van der Waals surface area (Å²) in [6, 6.07) is 14.8. The first-order valence-corrected chi connectivity index (χ1v) is 12.1. The first-order chi connectivity index (χ1) is 14.6. The number of amides is 1. The van der Waals surface area contributed by atoms with Gasteiger partial charge in [0.15, 0.2) is 0 Å². The molecule has 0 radical (unpaired) electrons. The molecule has 31 heavy (non-hydrogen) atoms. The summed E-state index contributed by atoms with van der Waals surface area (Å²) in [7, 11) is -2.03. The quantitative estimate of drug-likeness (QED) is 0.684. The van der Waals surface area contributed by atoms with Crippen molar-refractivity contribution >= 4 is 15.9 Å². The summed E-state index contributed by atoms with van der Waals surface area (Å²) >= 11 is 0. The molecule has 1 aliphatic heterocycles.